The fourth-order valence-corrected chi connectivity index (χ4v) is 4.66. The number of thiophene rings is 1. The number of halogens is 2. The Kier molecular flexibility index (Phi) is 4.86. The maximum absolute atomic E-state index is 13.6. The fraction of sp³-hybridized carbons (Fsp3) is 0. The molecule has 0 saturated heterocycles. The van der Waals surface area contributed by atoms with Gasteiger partial charge in [0.05, 0.1) is 16.2 Å². The van der Waals surface area contributed by atoms with Gasteiger partial charge in [-0.15, -0.1) is 11.3 Å². The molecular formula is C20H11ClFNO2S2. The van der Waals surface area contributed by atoms with Crippen molar-refractivity contribution >= 4 is 57.8 Å². The molecule has 0 N–H and O–H groups in total. The lowest BCUT2D eigenvalue weighted by molar-refractivity contribution is -0.119. The summed E-state index contributed by atoms with van der Waals surface area (Å²) in [6, 6.07) is 16.1. The Balaban J connectivity index is 1.79. The van der Waals surface area contributed by atoms with Gasteiger partial charge in [-0.1, -0.05) is 35.5 Å². The molecule has 0 aliphatic carbocycles. The summed E-state index contributed by atoms with van der Waals surface area (Å²) in [4.78, 5) is 29.0. The molecule has 1 aliphatic heterocycles. The number of amides is 2. The highest BCUT2D eigenvalue weighted by Gasteiger charge is 2.41. The van der Waals surface area contributed by atoms with Gasteiger partial charge >= 0.3 is 0 Å². The number of benzene rings is 2. The smallest absolute Gasteiger partial charge is 0.268 e. The summed E-state index contributed by atoms with van der Waals surface area (Å²) in [6.07, 6.45) is 0. The average Bonchev–Trinajstić information content (AvgIpc) is 3.24. The second kappa shape index (κ2) is 7.31. The summed E-state index contributed by atoms with van der Waals surface area (Å²) < 4.78 is 13.6. The summed E-state index contributed by atoms with van der Waals surface area (Å²) in [5.74, 6) is -1.43. The van der Waals surface area contributed by atoms with Crippen molar-refractivity contribution in [2.24, 2.45) is 0 Å². The SMILES string of the molecule is O=C1C(Sc2ccc(Cl)cc2)=C(c2cccs2)C(=O)N1c1cccc(F)c1. The van der Waals surface area contributed by atoms with Gasteiger partial charge in [0.15, 0.2) is 0 Å². The summed E-state index contributed by atoms with van der Waals surface area (Å²) in [7, 11) is 0. The van der Waals surface area contributed by atoms with E-state index in [1.54, 1.807) is 36.4 Å². The second-order valence-corrected chi connectivity index (χ2v) is 8.13. The van der Waals surface area contributed by atoms with Gasteiger partial charge in [0.2, 0.25) is 0 Å². The van der Waals surface area contributed by atoms with E-state index in [1.165, 1.54) is 41.3 Å². The third-order valence-corrected chi connectivity index (χ3v) is 6.14. The van der Waals surface area contributed by atoms with Crippen LogP contribution in [0, 0.1) is 5.82 Å². The molecule has 1 aromatic heterocycles. The molecule has 3 nitrogen and oxygen atoms in total. The van der Waals surface area contributed by atoms with Crippen molar-refractivity contribution in [1.29, 1.82) is 0 Å². The minimum Gasteiger partial charge on any atom is -0.268 e. The van der Waals surface area contributed by atoms with E-state index in [0.29, 0.717) is 20.4 Å². The Morgan fingerprint density at radius 2 is 1.74 bits per heavy atom. The zero-order chi connectivity index (χ0) is 19.0. The van der Waals surface area contributed by atoms with Crippen LogP contribution in [0.25, 0.3) is 5.57 Å². The number of hydrogen-bond donors (Lipinski definition) is 0. The molecule has 27 heavy (non-hydrogen) atoms. The quantitative estimate of drug-likeness (QED) is 0.519. The van der Waals surface area contributed by atoms with Gasteiger partial charge in [-0.05, 0) is 53.9 Å². The number of carbonyl (C=O) groups is 2. The van der Waals surface area contributed by atoms with Crippen molar-refractivity contribution < 1.29 is 14.0 Å². The van der Waals surface area contributed by atoms with Crippen LogP contribution < -0.4 is 4.90 Å². The van der Waals surface area contributed by atoms with Crippen LogP contribution in [-0.4, -0.2) is 11.8 Å². The minimum atomic E-state index is -0.510. The van der Waals surface area contributed by atoms with Crippen LogP contribution in [-0.2, 0) is 9.59 Å². The van der Waals surface area contributed by atoms with Crippen molar-refractivity contribution in [2.75, 3.05) is 4.90 Å². The molecule has 4 rings (SSSR count). The Hall–Kier alpha value is -2.41. The zero-order valence-electron chi connectivity index (χ0n) is 13.7. The number of carbonyl (C=O) groups excluding carboxylic acids is 2. The Labute approximate surface area is 168 Å². The Morgan fingerprint density at radius 3 is 2.41 bits per heavy atom. The maximum Gasteiger partial charge on any atom is 0.272 e. The summed E-state index contributed by atoms with van der Waals surface area (Å²) in [5, 5.41) is 2.43. The number of nitrogens with zero attached hydrogens (tertiary/aromatic N) is 1. The van der Waals surface area contributed by atoms with Crippen molar-refractivity contribution in [3.05, 3.63) is 86.7 Å². The van der Waals surface area contributed by atoms with Crippen LogP contribution in [0.3, 0.4) is 0 Å². The first kappa shape index (κ1) is 18.0. The maximum atomic E-state index is 13.6. The number of hydrogen-bond acceptors (Lipinski definition) is 4. The summed E-state index contributed by atoms with van der Waals surface area (Å²) in [6.45, 7) is 0. The van der Waals surface area contributed by atoms with E-state index in [2.05, 4.69) is 0 Å². The molecule has 2 amide bonds. The predicted molar refractivity (Wildman–Crippen MR) is 107 cm³/mol. The van der Waals surface area contributed by atoms with E-state index < -0.39 is 17.6 Å². The first-order valence-electron chi connectivity index (χ1n) is 7.90. The largest absolute Gasteiger partial charge is 0.272 e. The fourth-order valence-electron chi connectivity index (χ4n) is 2.71. The van der Waals surface area contributed by atoms with E-state index in [9.17, 15) is 14.0 Å². The van der Waals surface area contributed by atoms with Crippen molar-refractivity contribution in [3.8, 4) is 0 Å². The van der Waals surface area contributed by atoms with Crippen molar-refractivity contribution in [1.82, 2.24) is 0 Å². The van der Waals surface area contributed by atoms with Crippen LogP contribution in [0.4, 0.5) is 10.1 Å². The molecule has 0 fully saturated rings. The molecule has 0 bridgehead atoms. The molecule has 134 valence electrons. The highest BCUT2D eigenvalue weighted by molar-refractivity contribution is 8.04. The van der Waals surface area contributed by atoms with Crippen molar-refractivity contribution in [2.45, 2.75) is 4.90 Å². The number of thioether (sulfide) groups is 1. The first-order valence-corrected chi connectivity index (χ1v) is 9.98. The van der Waals surface area contributed by atoms with Crippen LogP contribution in [0.5, 0.6) is 0 Å². The number of imide groups is 1. The highest BCUT2D eigenvalue weighted by Crippen LogP contribution is 2.42. The average molecular weight is 416 g/mol. The van der Waals surface area contributed by atoms with Crippen LogP contribution in [0.15, 0.2) is 75.8 Å². The third kappa shape index (κ3) is 3.43. The molecular weight excluding hydrogens is 405 g/mol. The Morgan fingerprint density at radius 1 is 0.963 bits per heavy atom. The molecule has 1 aliphatic rings. The van der Waals surface area contributed by atoms with Crippen LogP contribution in [0.2, 0.25) is 5.02 Å². The summed E-state index contributed by atoms with van der Waals surface area (Å²) >= 11 is 8.50. The van der Waals surface area contributed by atoms with Gasteiger partial charge in [0.1, 0.15) is 5.82 Å². The molecule has 0 unspecified atom stereocenters. The predicted octanol–water partition coefficient (Wildman–Crippen LogP) is 5.62. The normalized spacial score (nSPS) is 14.4. The number of rotatable bonds is 4. The molecule has 0 atom stereocenters. The van der Waals surface area contributed by atoms with Gasteiger partial charge < -0.3 is 0 Å². The third-order valence-electron chi connectivity index (χ3n) is 3.91. The van der Waals surface area contributed by atoms with Crippen LogP contribution >= 0.6 is 34.7 Å². The molecule has 3 aromatic rings. The van der Waals surface area contributed by atoms with Gasteiger partial charge in [0, 0.05) is 14.8 Å². The topological polar surface area (TPSA) is 37.4 Å². The van der Waals surface area contributed by atoms with Crippen molar-refractivity contribution in [3.63, 3.8) is 0 Å². The van der Waals surface area contributed by atoms with E-state index in [1.807, 2.05) is 11.4 Å². The highest BCUT2D eigenvalue weighted by atomic mass is 35.5. The summed E-state index contributed by atoms with van der Waals surface area (Å²) in [5.41, 5.74) is 0.546. The number of anilines is 1. The van der Waals surface area contributed by atoms with Gasteiger partial charge in [-0.25, -0.2) is 9.29 Å². The monoisotopic (exact) mass is 415 g/mol. The van der Waals surface area contributed by atoms with E-state index in [-0.39, 0.29) is 5.69 Å². The zero-order valence-corrected chi connectivity index (χ0v) is 16.1. The molecule has 0 saturated carbocycles. The molecule has 2 aromatic carbocycles. The molecule has 2 heterocycles. The van der Waals surface area contributed by atoms with Crippen LogP contribution in [0.1, 0.15) is 4.88 Å². The molecule has 7 heteroatoms. The van der Waals surface area contributed by atoms with Gasteiger partial charge in [-0.3, -0.25) is 9.59 Å². The van der Waals surface area contributed by atoms with E-state index in [0.717, 1.165) is 9.80 Å². The molecule has 0 spiro atoms. The van der Waals surface area contributed by atoms with E-state index >= 15 is 0 Å². The minimum absolute atomic E-state index is 0.214. The van der Waals surface area contributed by atoms with Gasteiger partial charge in [0.25, 0.3) is 11.8 Å². The lowest BCUT2D eigenvalue weighted by atomic mass is 10.2. The first-order chi connectivity index (χ1) is 13.0. The lowest BCUT2D eigenvalue weighted by Gasteiger charge is -2.15. The lowest BCUT2D eigenvalue weighted by Crippen LogP contribution is -2.31. The standard InChI is InChI=1S/C20H11ClFNO2S2/c21-12-6-8-15(9-7-12)27-18-17(16-5-2-10-26-16)19(24)23(20(18)25)14-4-1-3-13(22)11-14/h1-11H. The second-order valence-electron chi connectivity index (χ2n) is 5.66. The molecule has 0 radical (unpaired) electrons. The van der Waals surface area contributed by atoms with E-state index in [4.69, 9.17) is 11.6 Å². The van der Waals surface area contributed by atoms with Gasteiger partial charge in [-0.2, -0.15) is 0 Å². The Bertz CT molecular complexity index is 1060.